The summed E-state index contributed by atoms with van der Waals surface area (Å²) in [6.45, 7) is 8.69. The lowest BCUT2D eigenvalue weighted by Gasteiger charge is -2.23. The second-order valence-electron chi connectivity index (χ2n) is 6.23. The van der Waals surface area contributed by atoms with E-state index in [9.17, 15) is 9.90 Å². The van der Waals surface area contributed by atoms with E-state index in [0.29, 0.717) is 11.8 Å². The highest BCUT2D eigenvalue weighted by Crippen LogP contribution is 2.37. The van der Waals surface area contributed by atoms with E-state index in [4.69, 9.17) is 0 Å². The fourth-order valence-corrected chi connectivity index (χ4v) is 3.41. The van der Waals surface area contributed by atoms with Crippen molar-refractivity contribution in [2.45, 2.75) is 65.2 Å². The van der Waals surface area contributed by atoms with Crippen molar-refractivity contribution < 1.29 is 9.90 Å². The Balaban J connectivity index is 2.68. The Morgan fingerprint density at radius 2 is 1.89 bits per heavy atom. The van der Waals surface area contributed by atoms with Crippen molar-refractivity contribution in [2.24, 2.45) is 0 Å². The lowest BCUT2D eigenvalue weighted by atomic mass is 9.82. The van der Waals surface area contributed by atoms with Crippen LogP contribution >= 0.6 is 0 Å². The normalized spacial score (nSPS) is 14.2. The van der Waals surface area contributed by atoms with Crippen LogP contribution in [0.5, 0.6) is 0 Å². The Hall–Kier alpha value is -1.31. The van der Waals surface area contributed by atoms with Gasteiger partial charge in [0.2, 0.25) is 0 Å². The molecule has 2 rings (SSSR count). The number of aryl methyl sites for hydroxylation is 1. The van der Waals surface area contributed by atoms with E-state index in [1.807, 2.05) is 0 Å². The second-order valence-corrected chi connectivity index (χ2v) is 6.23. The van der Waals surface area contributed by atoms with Gasteiger partial charge in [0.25, 0.3) is 0 Å². The molecule has 0 atom stereocenters. The van der Waals surface area contributed by atoms with Gasteiger partial charge in [0.15, 0.2) is 0 Å². The van der Waals surface area contributed by atoms with Gasteiger partial charge in [0.1, 0.15) is 0 Å². The SMILES string of the molecule is CC(C)c1cc2c(c(C(C)C)c1CC(=O)O)CCC2. The van der Waals surface area contributed by atoms with Gasteiger partial charge in [-0.15, -0.1) is 0 Å². The minimum Gasteiger partial charge on any atom is -0.481 e. The first-order valence-corrected chi connectivity index (χ1v) is 7.31. The molecule has 0 aliphatic heterocycles. The van der Waals surface area contributed by atoms with Crippen LogP contribution in [0.25, 0.3) is 0 Å². The van der Waals surface area contributed by atoms with Gasteiger partial charge in [0.05, 0.1) is 6.42 Å². The Morgan fingerprint density at radius 1 is 1.21 bits per heavy atom. The lowest BCUT2D eigenvalue weighted by molar-refractivity contribution is -0.136. The molecule has 0 radical (unpaired) electrons. The molecule has 1 aromatic carbocycles. The van der Waals surface area contributed by atoms with E-state index in [1.165, 1.54) is 28.7 Å². The fraction of sp³-hybridized carbons (Fsp3) is 0.588. The summed E-state index contributed by atoms with van der Waals surface area (Å²) < 4.78 is 0. The molecule has 1 aromatic rings. The van der Waals surface area contributed by atoms with E-state index >= 15 is 0 Å². The average Bonchev–Trinajstić information content (AvgIpc) is 2.73. The van der Waals surface area contributed by atoms with Crippen LogP contribution in [0.2, 0.25) is 0 Å². The molecule has 2 heteroatoms. The summed E-state index contributed by atoms with van der Waals surface area (Å²) in [6, 6.07) is 2.27. The first-order chi connectivity index (χ1) is 8.91. The zero-order chi connectivity index (χ0) is 14.2. The molecule has 1 aliphatic rings. The van der Waals surface area contributed by atoms with Crippen LogP contribution in [0.3, 0.4) is 0 Å². The molecular weight excluding hydrogens is 236 g/mol. The third-order valence-corrected chi connectivity index (χ3v) is 4.12. The van der Waals surface area contributed by atoms with Gasteiger partial charge in [-0.2, -0.15) is 0 Å². The summed E-state index contributed by atoms with van der Waals surface area (Å²) in [7, 11) is 0. The molecule has 104 valence electrons. The molecule has 0 bridgehead atoms. The zero-order valence-electron chi connectivity index (χ0n) is 12.4. The third-order valence-electron chi connectivity index (χ3n) is 4.12. The van der Waals surface area contributed by atoms with E-state index < -0.39 is 5.97 Å². The van der Waals surface area contributed by atoms with Crippen LogP contribution in [0, 0.1) is 0 Å². The number of hydrogen-bond acceptors (Lipinski definition) is 1. The van der Waals surface area contributed by atoms with Crippen LogP contribution in [0.4, 0.5) is 0 Å². The Morgan fingerprint density at radius 3 is 2.42 bits per heavy atom. The largest absolute Gasteiger partial charge is 0.481 e. The average molecular weight is 260 g/mol. The molecule has 0 unspecified atom stereocenters. The van der Waals surface area contributed by atoms with Crippen molar-refractivity contribution >= 4 is 5.97 Å². The molecule has 19 heavy (non-hydrogen) atoms. The number of carboxylic acids is 1. The van der Waals surface area contributed by atoms with Gasteiger partial charge in [-0.3, -0.25) is 4.79 Å². The van der Waals surface area contributed by atoms with Crippen molar-refractivity contribution in [2.75, 3.05) is 0 Å². The Bertz CT molecular complexity index is 498. The molecule has 1 aliphatic carbocycles. The maximum Gasteiger partial charge on any atom is 0.307 e. The standard InChI is InChI=1S/C17H24O2/c1-10(2)14-8-12-6-5-7-13(12)17(11(3)4)15(14)9-16(18)19/h8,10-11H,5-7,9H2,1-4H3,(H,18,19). The number of benzene rings is 1. The summed E-state index contributed by atoms with van der Waals surface area (Å²) >= 11 is 0. The molecule has 2 nitrogen and oxygen atoms in total. The smallest absolute Gasteiger partial charge is 0.307 e. The second kappa shape index (κ2) is 5.36. The summed E-state index contributed by atoms with van der Waals surface area (Å²) in [5.74, 6) is 0.0689. The highest BCUT2D eigenvalue weighted by molar-refractivity contribution is 5.72. The summed E-state index contributed by atoms with van der Waals surface area (Å²) in [5, 5.41) is 9.23. The van der Waals surface area contributed by atoms with Crippen molar-refractivity contribution in [3.63, 3.8) is 0 Å². The highest BCUT2D eigenvalue weighted by atomic mass is 16.4. The van der Waals surface area contributed by atoms with Gasteiger partial charge in [-0.25, -0.2) is 0 Å². The van der Waals surface area contributed by atoms with Gasteiger partial charge in [-0.05, 0) is 58.9 Å². The lowest BCUT2D eigenvalue weighted by Crippen LogP contribution is -2.12. The summed E-state index contributed by atoms with van der Waals surface area (Å²) in [5.41, 5.74) is 6.54. The van der Waals surface area contributed by atoms with Crippen molar-refractivity contribution in [3.05, 3.63) is 33.9 Å². The monoisotopic (exact) mass is 260 g/mol. The van der Waals surface area contributed by atoms with E-state index in [2.05, 4.69) is 33.8 Å². The van der Waals surface area contributed by atoms with Crippen LogP contribution in [-0.4, -0.2) is 11.1 Å². The van der Waals surface area contributed by atoms with Gasteiger partial charge in [-0.1, -0.05) is 33.8 Å². The quantitative estimate of drug-likeness (QED) is 0.886. The predicted octanol–water partition coefficient (Wildman–Crippen LogP) is 4.05. The molecule has 0 saturated carbocycles. The molecule has 0 fully saturated rings. The van der Waals surface area contributed by atoms with E-state index in [0.717, 1.165) is 18.4 Å². The Kier molecular flexibility index (Phi) is 3.98. The van der Waals surface area contributed by atoms with Gasteiger partial charge in [0, 0.05) is 0 Å². The summed E-state index contributed by atoms with van der Waals surface area (Å²) in [6.07, 6.45) is 3.65. The van der Waals surface area contributed by atoms with Gasteiger partial charge >= 0.3 is 5.97 Å². The first-order valence-electron chi connectivity index (χ1n) is 7.31. The van der Waals surface area contributed by atoms with Gasteiger partial charge < -0.3 is 5.11 Å². The number of hydrogen-bond donors (Lipinski definition) is 1. The van der Waals surface area contributed by atoms with Crippen LogP contribution < -0.4 is 0 Å². The zero-order valence-corrected chi connectivity index (χ0v) is 12.4. The first kappa shape index (κ1) is 14.1. The van der Waals surface area contributed by atoms with Crippen molar-refractivity contribution in [1.82, 2.24) is 0 Å². The van der Waals surface area contributed by atoms with E-state index in [-0.39, 0.29) is 6.42 Å². The Labute approximate surface area is 115 Å². The molecule has 0 heterocycles. The molecule has 1 N–H and O–H groups in total. The van der Waals surface area contributed by atoms with Crippen molar-refractivity contribution in [1.29, 1.82) is 0 Å². The van der Waals surface area contributed by atoms with E-state index in [1.54, 1.807) is 0 Å². The number of fused-ring (bicyclic) bond motifs is 1. The molecule has 0 spiro atoms. The minimum atomic E-state index is -0.721. The highest BCUT2D eigenvalue weighted by Gasteiger charge is 2.24. The van der Waals surface area contributed by atoms with Crippen LogP contribution in [0.15, 0.2) is 6.07 Å². The molecule has 0 aromatic heterocycles. The fourth-order valence-electron chi connectivity index (χ4n) is 3.41. The van der Waals surface area contributed by atoms with Crippen molar-refractivity contribution in [3.8, 4) is 0 Å². The molecule has 0 saturated heterocycles. The topological polar surface area (TPSA) is 37.3 Å². The third kappa shape index (κ3) is 2.68. The minimum absolute atomic E-state index is 0.161. The van der Waals surface area contributed by atoms with Crippen LogP contribution in [-0.2, 0) is 24.1 Å². The molecular formula is C17H24O2. The maximum absolute atomic E-state index is 11.2. The number of carboxylic acid groups (broad SMARTS) is 1. The maximum atomic E-state index is 11.2. The number of aliphatic carboxylic acids is 1. The number of rotatable bonds is 4. The number of carbonyl (C=O) groups is 1. The summed E-state index contributed by atoms with van der Waals surface area (Å²) in [4.78, 5) is 11.2. The predicted molar refractivity (Wildman–Crippen MR) is 78.0 cm³/mol. The molecule has 0 amide bonds. The van der Waals surface area contributed by atoms with Crippen LogP contribution in [0.1, 0.15) is 73.8 Å².